The summed E-state index contributed by atoms with van der Waals surface area (Å²) in [5.41, 5.74) is -0.152. The maximum atomic E-state index is 13.0. The molecule has 5 atom stereocenters. The van der Waals surface area contributed by atoms with Gasteiger partial charge in [-0.2, -0.15) is 0 Å². The molecule has 0 saturated carbocycles. The standard InChI is InChI=1S/C18H17Cl2NO8/c1-5-2-7(19)12(24)10-11(23)6-3-9(20)21(17(6)29-16(5)10)18-15(27)14(26)13(25)8(4-22)28-18/h2-3,8,13-15,18,22,24-27H,4H2,1H3. The van der Waals surface area contributed by atoms with Crippen LogP contribution in [0.2, 0.25) is 10.2 Å². The summed E-state index contributed by atoms with van der Waals surface area (Å²) in [5, 5.41) is 49.9. The third kappa shape index (κ3) is 2.93. The topological polar surface area (TPSA) is 146 Å². The van der Waals surface area contributed by atoms with Gasteiger partial charge in [-0.3, -0.25) is 9.36 Å². The molecule has 1 aliphatic heterocycles. The van der Waals surface area contributed by atoms with E-state index < -0.39 is 48.4 Å². The van der Waals surface area contributed by atoms with E-state index in [0.29, 0.717) is 5.56 Å². The molecule has 3 aromatic rings. The molecule has 0 bridgehead atoms. The first-order chi connectivity index (χ1) is 13.7. The SMILES string of the molecule is Cc1cc(Cl)c(O)c2c(=O)c3cc(Cl)n(C4OC(CO)C(O)C(O)C4O)c3oc12. The lowest BCUT2D eigenvalue weighted by Gasteiger charge is -2.40. The van der Waals surface area contributed by atoms with E-state index in [4.69, 9.17) is 32.4 Å². The Morgan fingerprint density at radius 2 is 1.83 bits per heavy atom. The van der Waals surface area contributed by atoms with Crippen LogP contribution in [0, 0.1) is 6.92 Å². The number of ether oxygens (including phenoxy) is 1. The van der Waals surface area contributed by atoms with E-state index >= 15 is 0 Å². The highest BCUT2D eigenvalue weighted by Gasteiger charge is 2.45. The highest BCUT2D eigenvalue weighted by Crippen LogP contribution is 2.38. The van der Waals surface area contributed by atoms with Crippen molar-refractivity contribution in [2.45, 2.75) is 37.6 Å². The van der Waals surface area contributed by atoms with Gasteiger partial charge in [0.1, 0.15) is 46.3 Å². The molecule has 2 aromatic heterocycles. The second-order valence-electron chi connectivity index (χ2n) is 6.93. The quantitative estimate of drug-likeness (QED) is 0.393. The zero-order valence-corrected chi connectivity index (χ0v) is 16.4. The van der Waals surface area contributed by atoms with Crippen molar-refractivity contribution in [2.75, 3.05) is 6.61 Å². The lowest BCUT2D eigenvalue weighted by Crippen LogP contribution is -2.56. The number of rotatable bonds is 2. The maximum Gasteiger partial charge on any atom is 0.214 e. The molecule has 5 N–H and O–H groups in total. The summed E-state index contributed by atoms with van der Waals surface area (Å²) in [5.74, 6) is -0.431. The molecule has 0 radical (unpaired) electrons. The van der Waals surface area contributed by atoms with Gasteiger partial charge >= 0.3 is 0 Å². The van der Waals surface area contributed by atoms with Crippen LogP contribution in [-0.2, 0) is 4.74 Å². The molecule has 5 unspecified atom stereocenters. The Balaban J connectivity index is 2.00. The van der Waals surface area contributed by atoms with Crippen molar-refractivity contribution in [3.63, 3.8) is 0 Å². The van der Waals surface area contributed by atoms with Gasteiger partial charge in [0.2, 0.25) is 11.1 Å². The van der Waals surface area contributed by atoms with Crippen LogP contribution in [0.5, 0.6) is 5.75 Å². The van der Waals surface area contributed by atoms with Gasteiger partial charge in [0, 0.05) is 0 Å². The molecule has 1 fully saturated rings. The Morgan fingerprint density at radius 3 is 2.48 bits per heavy atom. The van der Waals surface area contributed by atoms with E-state index in [9.17, 15) is 30.3 Å². The molecule has 156 valence electrons. The Kier molecular flexibility index (Phi) is 5.02. The molecule has 0 spiro atoms. The van der Waals surface area contributed by atoms with E-state index in [-0.39, 0.29) is 32.2 Å². The van der Waals surface area contributed by atoms with Gasteiger partial charge in [0.05, 0.1) is 17.0 Å². The molecule has 9 nitrogen and oxygen atoms in total. The second-order valence-corrected chi connectivity index (χ2v) is 7.73. The largest absolute Gasteiger partial charge is 0.505 e. The Hall–Kier alpha value is -1.85. The molecule has 29 heavy (non-hydrogen) atoms. The van der Waals surface area contributed by atoms with Crippen LogP contribution >= 0.6 is 23.2 Å². The Bertz CT molecular complexity index is 1170. The molecular formula is C18H17Cl2NO8. The number of hydrogen-bond donors (Lipinski definition) is 5. The van der Waals surface area contributed by atoms with Crippen molar-refractivity contribution in [2.24, 2.45) is 0 Å². The lowest BCUT2D eigenvalue weighted by atomic mass is 9.98. The molecule has 1 aromatic carbocycles. The molecule has 3 heterocycles. The first-order valence-electron chi connectivity index (χ1n) is 8.63. The predicted molar refractivity (Wildman–Crippen MR) is 103 cm³/mol. The van der Waals surface area contributed by atoms with E-state index in [1.54, 1.807) is 6.92 Å². The van der Waals surface area contributed by atoms with E-state index in [0.717, 1.165) is 4.57 Å². The number of aliphatic hydroxyl groups excluding tert-OH is 4. The maximum absolute atomic E-state index is 13.0. The zero-order valence-electron chi connectivity index (χ0n) is 14.9. The summed E-state index contributed by atoms with van der Waals surface area (Å²) < 4.78 is 12.5. The van der Waals surface area contributed by atoms with Crippen LogP contribution in [0.25, 0.3) is 22.1 Å². The number of halogens is 2. The van der Waals surface area contributed by atoms with Crippen LogP contribution < -0.4 is 5.43 Å². The van der Waals surface area contributed by atoms with Crippen molar-refractivity contribution in [1.82, 2.24) is 4.57 Å². The third-order valence-electron chi connectivity index (χ3n) is 5.13. The summed E-state index contributed by atoms with van der Waals surface area (Å²) in [4.78, 5) is 13.0. The number of aromatic nitrogens is 1. The first kappa shape index (κ1) is 20.4. The van der Waals surface area contributed by atoms with E-state index in [1.807, 2.05) is 0 Å². The Labute approximate surface area is 172 Å². The van der Waals surface area contributed by atoms with Crippen molar-refractivity contribution in [3.05, 3.63) is 38.1 Å². The summed E-state index contributed by atoms with van der Waals surface area (Å²) in [7, 11) is 0. The molecular weight excluding hydrogens is 429 g/mol. The average molecular weight is 446 g/mol. The summed E-state index contributed by atoms with van der Waals surface area (Å²) >= 11 is 12.2. The fourth-order valence-electron chi connectivity index (χ4n) is 3.60. The van der Waals surface area contributed by atoms with Gasteiger partial charge in [-0.15, -0.1) is 0 Å². The van der Waals surface area contributed by atoms with Gasteiger partial charge < -0.3 is 34.7 Å². The van der Waals surface area contributed by atoms with Gasteiger partial charge in [0.25, 0.3) is 0 Å². The molecule has 1 saturated heterocycles. The molecule has 11 heteroatoms. The third-order valence-corrected chi connectivity index (χ3v) is 5.71. The van der Waals surface area contributed by atoms with Crippen LogP contribution in [0.3, 0.4) is 0 Å². The van der Waals surface area contributed by atoms with Crippen molar-refractivity contribution >= 4 is 45.3 Å². The average Bonchev–Trinajstić information content (AvgIpc) is 3.01. The van der Waals surface area contributed by atoms with Crippen LogP contribution in [0.4, 0.5) is 0 Å². The zero-order chi connectivity index (χ0) is 21.2. The highest BCUT2D eigenvalue weighted by molar-refractivity contribution is 6.33. The summed E-state index contributed by atoms with van der Waals surface area (Å²) in [6.45, 7) is 1.00. The molecule has 1 aliphatic rings. The minimum Gasteiger partial charge on any atom is -0.505 e. The van der Waals surface area contributed by atoms with Crippen molar-refractivity contribution < 1.29 is 34.7 Å². The van der Waals surface area contributed by atoms with Crippen molar-refractivity contribution in [1.29, 1.82) is 0 Å². The number of hydrogen-bond acceptors (Lipinski definition) is 8. The van der Waals surface area contributed by atoms with Gasteiger partial charge in [-0.25, -0.2) is 0 Å². The monoisotopic (exact) mass is 445 g/mol. The summed E-state index contributed by atoms with van der Waals surface area (Å²) in [6.07, 6.45) is -7.38. The first-order valence-corrected chi connectivity index (χ1v) is 9.38. The van der Waals surface area contributed by atoms with Crippen LogP contribution in [0.1, 0.15) is 11.8 Å². The number of aryl methyl sites for hydroxylation is 1. The number of nitrogens with zero attached hydrogens (tertiary/aromatic N) is 1. The fourth-order valence-corrected chi connectivity index (χ4v) is 4.14. The molecule has 0 amide bonds. The van der Waals surface area contributed by atoms with E-state index in [2.05, 4.69) is 0 Å². The number of benzene rings is 1. The van der Waals surface area contributed by atoms with Gasteiger partial charge in [-0.1, -0.05) is 23.2 Å². The minimum absolute atomic E-state index is 0.0129. The number of aliphatic hydroxyl groups is 4. The Morgan fingerprint density at radius 1 is 1.14 bits per heavy atom. The predicted octanol–water partition coefficient (Wildman–Crippen LogP) is 1.04. The normalized spacial score (nSPS) is 27.8. The number of fused-ring (bicyclic) bond motifs is 2. The fraction of sp³-hybridized carbons (Fsp3) is 0.389. The van der Waals surface area contributed by atoms with Crippen molar-refractivity contribution in [3.8, 4) is 5.75 Å². The van der Waals surface area contributed by atoms with Crippen LogP contribution in [-0.4, -0.2) is 61.1 Å². The second kappa shape index (κ2) is 7.13. The summed E-state index contributed by atoms with van der Waals surface area (Å²) in [6, 6.07) is 2.69. The van der Waals surface area contributed by atoms with Crippen LogP contribution in [0.15, 0.2) is 21.3 Å². The molecule has 0 aliphatic carbocycles. The number of phenolic OH excluding ortho intramolecular Hbond substituents is 1. The number of aromatic hydroxyl groups is 1. The highest BCUT2D eigenvalue weighted by atomic mass is 35.5. The van der Waals surface area contributed by atoms with Gasteiger partial charge in [0.15, 0.2) is 6.23 Å². The van der Waals surface area contributed by atoms with Gasteiger partial charge in [-0.05, 0) is 24.6 Å². The minimum atomic E-state index is -1.64. The molecule has 4 rings (SSSR count). The number of phenols is 1. The lowest BCUT2D eigenvalue weighted by molar-refractivity contribution is -0.250. The smallest absolute Gasteiger partial charge is 0.214 e. The van der Waals surface area contributed by atoms with E-state index in [1.165, 1.54) is 12.1 Å².